The van der Waals surface area contributed by atoms with Crippen LogP contribution >= 0.6 is 23.2 Å². The van der Waals surface area contributed by atoms with E-state index in [0.29, 0.717) is 27.5 Å². The Labute approximate surface area is 164 Å². The fraction of sp³-hybridized carbons (Fsp3) is 0.100. The normalized spacial score (nSPS) is 11.6. The predicted molar refractivity (Wildman–Crippen MR) is 108 cm³/mol. The highest BCUT2D eigenvalue weighted by Gasteiger charge is 2.10. The first-order chi connectivity index (χ1) is 13.2. The molecule has 0 radical (unpaired) electrons. The second-order valence-electron chi connectivity index (χ2n) is 6.30. The Kier molecular flexibility index (Phi) is 3.92. The van der Waals surface area contributed by atoms with Gasteiger partial charge in [-0.3, -0.25) is 9.97 Å². The average molecular weight is 394 g/mol. The van der Waals surface area contributed by atoms with Crippen molar-refractivity contribution < 1.29 is 0 Å². The minimum absolute atomic E-state index is 0.547. The van der Waals surface area contributed by atoms with Crippen LogP contribution in [-0.4, -0.2) is 24.9 Å². The van der Waals surface area contributed by atoms with Crippen molar-refractivity contribution in [3.63, 3.8) is 0 Å². The number of pyridine rings is 1. The number of hydrogen-bond acceptors (Lipinski definition) is 4. The van der Waals surface area contributed by atoms with Crippen molar-refractivity contribution in [1.82, 2.24) is 24.9 Å². The van der Waals surface area contributed by atoms with Crippen LogP contribution in [0.3, 0.4) is 0 Å². The standard InChI is InChI=1S/C20H13Cl2N5/c21-13-4-5-14(22)20-19(13)24-10-11(25-20)3-8-17-26-16-7-6-15-12(18(16)27-17)2-1-9-23-15/h1-2,4-7,9-10H,3,8H2,(H,26,27). The van der Waals surface area contributed by atoms with Gasteiger partial charge in [0.2, 0.25) is 0 Å². The summed E-state index contributed by atoms with van der Waals surface area (Å²) in [6.45, 7) is 0. The van der Waals surface area contributed by atoms with Crippen LogP contribution in [0.5, 0.6) is 0 Å². The number of imidazole rings is 1. The fourth-order valence-corrected chi connectivity index (χ4v) is 3.63. The van der Waals surface area contributed by atoms with Gasteiger partial charge in [-0.1, -0.05) is 23.2 Å². The highest BCUT2D eigenvalue weighted by Crippen LogP contribution is 2.27. The molecule has 0 saturated carbocycles. The van der Waals surface area contributed by atoms with Crippen LogP contribution < -0.4 is 0 Å². The number of aryl methyl sites for hydroxylation is 2. The summed E-state index contributed by atoms with van der Waals surface area (Å²) in [5.74, 6) is 0.903. The van der Waals surface area contributed by atoms with Gasteiger partial charge in [0.25, 0.3) is 0 Å². The van der Waals surface area contributed by atoms with Gasteiger partial charge in [0.05, 0.1) is 32.3 Å². The molecule has 0 bridgehead atoms. The van der Waals surface area contributed by atoms with E-state index in [0.717, 1.165) is 39.9 Å². The molecule has 3 heterocycles. The van der Waals surface area contributed by atoms with Gasteiger partial charge in [-0.25, -0.2) is 9.97 Å². The van der Waals surface area contributed by atoms with Crippen LogP contribution in [0, 0.1) is 0 Å². The molecule has 0 aliphatic heterocycles. The largest absolute Gasteiger partial charge is 0.342 e. The van der Waals surface area contributed by atoms with Gasteiger partial charge in [0.15, 0.2) is 0 Å². The van der Waals surface area contributed by atoms with Gasteiger partial charge in [0.1, 0.15) is 16.9 Å². The number of benzene rings is 2. The highest BCUT2D eigenvalue weighted by atomic mass is 35.5. The van der Waals surface area contributed by atoms with Crippen LogP contribution in [0.1, 0.15) is 11.5 Å². The molecule has 5 rings (SSSR count). The Morgan fingerprint density at radius 3 is 2.56 bits per heavy atom. The Morgan fingerprint density at radius 2 is 1.67 bits per heavy atom. The predicted octanol–water partition coefficient (Wildman–Crippen LogP) is 5.15. The van der Waals surface area contributed by atoms with E-state index in [-0.39, 0.29) is 0 Å². The lowest BCUT2D eigenvalue weighted by Crippen LogP contribution is -1.98. The first-order valence-electron chi connectivity index (χ1n) is 8.51. The lowest BCUT2D eigenvalue weighted by molar-refractivity contribution is 0.860. The Bertz CT molecular complexity index is 1310. The van der Waals surface area contributed by atoms with Crippen LogP contribution in [0.25, 0.3) is 33.0 Å². The summed E-state index contributed by atoms with van der Waals surface area (Å²) in [7, 11) is 0. The summed E-state index contributed by atoms with van der Waals surface area (Å²) in [6, 6.07) is 11.4. The monoisotopic (exact) mass is 393 g/mol. The fourth-order valence-electron chi connectivity index (χ4n) is 3.23. The van der Waals surface area contributed by atoms with Gasteiger partial charge in [-0.2, -0.15) is 0 Å². The number of halogens is 2. The van der Waals surface area contributed by atoms with Gasteiger partial charge < -0.3 is 4.98 Å². The van der Waals surface area contributed by atoms with Crippen molar-refractivity contribution in [2.75, 3.05) is 0 Å². The Balaban J connectivity index is 1.47. The van der Waals surface area contributed by atoms with E-state index in [2.05, 4.69) is 19.9 Å². The van der Waals surface area contributed by atoms with Crippen LogP contribution in [-0.2, 0) is 12.8 Å². The van der Waals surface area contributed by atoms with E-state index in [9.17, 15) is 0 Å². The van der Waals surface area contributed by atoms with E-state index in [1.165, 1.54) is 0 Å². The van der Waals surface area contributed by atoms with Crippen molar-refractivity contribution in [3.8, 4) is 0 Å². The number of nitrogens with zero attached hydrogens (tertiary/aromatic N) is 4. The minimum atomic E-state index is 0.547. The van der Waals surface area contributed by atoms with E-state index < -0.39 is 0 Å². The van der Waals surface area contributed by atoms with Gasteiger partial charge in [0, 0.05) is 24.2 Å². The molecule has 1 N–H and O–H groups in total. The third-order valence-electron chi connectivity index (χ3n) is 4.55. The van der Waals surface area contributed by atoms with Gasteiger partial charge in [-0.15, -0.1) is 0 Å². The molecular weight excluding hydrogens is 381 g/mol. The maximum atomic E-state index is 6.24. The zero-order chi connectivity index (χ0) is 18.4. The summed E-state index contributed by atoms with van der Waals surface area (Å²) in [5, 5.41) is 2.14. The third-order valence-corrected chi connectivity index (χ3v) is 5.16. The minimum Gasteiger partial charge on any atom is -0.342 e. The Morgan fingerprint density at radius 1 is 0.815 bits per heavy atom. The number of nitrogens with one attached hydrogen (secondary N) is 1. The molecule has 5 nitrogen and oxygen atoms in total. The summed E-state index contributed by atoms with van der Waals surface area (Å²) in [4.78, 5) is 21.6. The number of hydrogen-bond donors (Lipinski definition) is 1. The lowest BCUT2D eigenvalue weighted by atomic mass is 10.2. The lowest BCUT2D eigenvalue weighted by Gasteiger charge is -2.04. The summed E-state index contributed by atoms with van der Waals surface area (Å²) >= 11 is 12.4. The topological polar surface area (TPSA) is 67.3 Å². The van der Waals surface area contributed by atoms with Crippen molar-refractivity contribution in [2.24, 2.45) is 0 Å². The Hall–Kier alpha value is -2.76. The van der Waals surface area contributed by atoms with Crippen molar-refractivity contribution >= 4 is 56.2 Å². The molecule has 5 aromatic rings. The molecule has 0 saturated heterocycles. The molecule has 2 aromatic carbocycles. The number of aromatic nitrogens is 5. The van der Waals surface area contributed by atoms with E-state index in [4.69, 9.17) is 28.2 Å². The molecular formula is C20H13Cl2N5. The summed E-state index contributed by atoms with van der Waals surface area (Å²) in [6.07, 6.45) is 4.95. The summed E-state index contributed by atoms with van der Waals surface area (Å²) < 4.78 is 0. The van der Waals surface area contributed by atoms with Gasteiger partial charge >= 0.3 is 0 Å². The molecule has 0 amide bonds. The molecule has 0 aliphatic carbocycles. The van der Waals surface area contributed by atoms with E-state index in [1.807, 2.05) is 24.3 Å². The van der Waals surface area contributed by atoms with Gasteiger partial charge in [-0.05, 0) is 42.8 Å². The molecule has 0 atom stereocenters. The number of H-pyrrole nitrogens is 1. The highest BCUT2D eigenvalue weighted by molar-refractivity contribution is 6.39. The van der Waals surface area contributed by atoms with Crippen LogP contribution in [0.2, 0.25) is 10.0 Å². The molecule has 7 heteroatoms. The molecule has 0 fully saturated rings. The average Bonchev–Trinajstić information content (AvgIpc) is 3.13. The smallest absolute Gasteiger partial charge is 0.109 e. The SMILES string of the molecule is Clc1ccc(Cl)c2nc(CCc3nc4c(ccc5ncccc54)[nH]3)cnc12. The maximum Gasteiger partial charge on any atom is 0.109 e. The van der Waals surface area contributed by atoms with Crippen molar-refractivity contribution in [2.45, 2.75) is 12.8 Å². The molecule has 0 unspecified atom stereocenters. The molecule has 132 valence electrons. The first-order valence-corrected chi connectivity index (χ1v) is 9.26. The molecule has 3 aromatic heterocycles. The van der Waals surface area contributed by atoms with E-state index in [1.54, 1.807) is 24.5 Å². The third kappa shape index (κ3) is 2.89. The zero-order valence-corrected chi connectivity index (χ0v) is 15.6. The number of aromatic amines is 1. The second-order valence-corrected chi connectivity index (χ2v) is 7.12. The molecule has 0 spiro atoms. The molecule has 27 heavy (non-hydrogen) atoms. The zero-order valence-electron chi connectivity index (χ0n) is 14.1. The molecule has 0 aliphatic rings. The van der Waals surface area contributed by atoms with Crippen molar-refractivity contribution in [1.29, 1.82) is 0 Å². The maximum absolute atomic E-state index is 6.24. The van der Waals surface area contributed by atoms with E-state index >= 15 is 0 Å². The number of rotatable bonds is 3. The second kappa shape index (κ2) is 6.44. The first kappa shape index (κ1) is 16.4. The quantitative estimate of drug-likeness (QED) is 0.460. The van der Waals surface area contributed by atoms with Crippen molar-refractivity contribution in [3.05, 3.63) is 70.4 Å². The number of fused-ring (bicyclic) bond motifs is 4. The van der Waals surface area contributed by atoms with Crippen LogP contribution in [0.15, 0.2) is 48.8 Å². The van der Waals surface area contributed by atoms with Crippen LogP contribution in [0.4, 0.5) is 0 Å². The summed E-state index contributed by atoms with van der Waals surface area (Å²) in [5.41, 5.74) is 4.98.